The van der Waals surface area contributed by atoms with Gasteiger partial charge in [0.05, 0.1) is 11.1 Å². The summed E-state index contributed by atoms with van der Waals surface area (Å²) in [6.45, 7) is 5.95. The molecule has 4 atom stereocenters. The molecule has 0 unspecified atom stereocenters. The molecule has 2 N–H and O–H groups in total. The van der Waals surface area contributed by atoms with Crippen LogP contribution in [0.1, 0.15) is 50.7 Å². The average molecular weight is 481 g/mol. The second kappa shape index (κ2) is 8.97. The first kappa shape index (κ1) is 24.4. The number of nitrogens with one attached hydrogen (secondary N) is 1. The Morgan fingerprint density at radius 3 is 2.53 bits per heavy atom. The van der Waals surface area contributed by atoms with Crippen molar-refractivity contribution in [3.05, 3.63) is 69.2 Å². The van der Waals surface area contributed by atoms with E-state index in [4.69, 9.17) is 23.2 Å². The smallest absolute Gasteiger partial charge is 0.321 e. The van der Waals surface area contributed by atoms with E-state index in [1.165, 1.54) is 30.3 Å². The van der Waals surface area contributed by atoms with E-state index in [0.29, 0.717) is 6.42 Å². The number of nitriles is 1. The lowest BCUT2D eigenvalue weighted by molar-refractivity contribution is -0.139. The maximum Gasteiger partial charge on any atom is 0.321 e. The lowest BCUT2D eigenvalue weighted by atomic mass is 9.62. The number of carboxylic acids is 1. The quantitative estimate of drug-likeness (QED) is 0.526. The minimum absolute atomic E-state index is 0.0260. The Hall–Kier alpha value is -2.20. The zero-order valence-corrected chi connectivity index (χ0v) is 19.4. The number of hydrogen-bond donors (Lipinski definition) is 2. The summed E-state index contributed by atoms with van der Waals surface area (Å²) in [7, 11) is 0. The van der Waals surface area contributed by atoms with Crippen molar-refractivity contribution in [3.63, 3.8) is 0 Å². The van der Waals surface area contributed by atoms with Gasteiger partial charge in [-0.2, -0.15) is 5.26 Å². The van der Waals surface area contributed by atoms with Crippen LogP contribution < -0.4 is 5.32 Å². The van der Waals surface area contributed by atoms with Gasteiger partial charge in [0.25, 0.3) is 0 Å². The Balaban J connectivity index is 2.37. The lowest BCUT2D eigenvalue weighted by Crippen LogP contribution is -2.45. The predicted molar refractivity (Wildman–Crippen MR) is 120 cm³/mol. The summed E-state index contributed by atoms with van der Waals surface area (Å²) in [5, 5.41) is 23.5. The fourth-order valence-corrected chi connectivity index (χ4v) is 4.97. The Kier molecular flexibility index (Phi) is 6.86. The standard InChI is InChI=1S/C24H24Cl2F2N2O2/c1-4-23(2,3)11-18-24(12-29,15-9-8-13(25)10-17(15)27)19(21(30-18)22(31)32)14-6-5-7-16(26)20(14)28/h5-10,18-19,21,30H,4,11H2,1-3H3,(H,31,32)/t18-,19-,21+,24-/m0/s1. The third kappa shape index (κ3) is 4.10. The first-order valence-corrected chi connectivity index (χ1v) is 11.0. The second-order valence-corrected chi connectivity index (χ2v) is 9.83. The third-order valence-electron chi connectivity index (χ3n) is 6.61. The zero-order valence-electron chi connectivity index (χ0n) is 17.9. The van der Waals surface area contributed by atoms with Crippen LogP contribution in [0.3, 0.4) is 0 Å². The van der Waals surface area contributed by atoms with Crippen molar-refractivity contribution in [1.29, 1.82) is 5.26 Å². The van der Waals surface area contributed by atoms with Gasteiger partial charge in [0, 0.05) is 22.5 Å². The average Bonchev–Trinajstić information content (AvgIpc) is 3.04. The van der Waals surface area contributed by atoms with E-state index in [9.17, 15) is 15.2 Å². The van der Waals surface area contributed by atoms with Crippen LogP contribution in [0.5, 0.6) is 0 Å². The maximum absolute atomic E-state index is 15.3. The molecule has 0 bridgehead atoms. The van der Waals surface area contributed by atoms with Gasteiger partial charge in [-0.05, 0) is 35.6 Å². The molecule has 0 saturated carbocycles. The summed E-state index contributed by atoms with van der Waals surface area (Å²) in [6.07, 6.45) is 1.10. The number of nitrogens with zero attached hydrogens (tertiary/aromatic N) is 1. The van der Waals surface area contributed by atoms with Crippen molar-refractivity contribution in [2.75, 3.05) is 0 Å². The van der Waals surface area contributed by atoms with E-state index in [1.54, 1.807) is 0 Å². The molecule has 2 aromatic carbocycles. The van der Waals surface area contributed by atoms with Gasteiger partial charge in [-0.25, -0.2) is 8.78 Å². The molecule has 1 fully saturated rings. The summed E-state index contributed by atoms with van der Waals surface area (Å²) in [5.41, 5.74) is -2.10. The van der Waals surface area contributed by atoms with Gasteiger partial charge in [0.2, 0.25) is 0 Å². The van der Waals surface area contributed by atoms with Gasteiger partial charge in [-0.3, -0.25) is 10.1 Å². The third-order valence-corrected chi connectivity index (χ3v) is 7.14. The molecule has 0 spiro atoms. The Labute approximate surface area is 196 Å². The SMILES string of the molecule is CCC(C)(C)C[C@@H]1N[C@@H](C(=O)O)[C@H](c2cccc(Cl)c2F)[C@@]1(C#N)c1ccc(Cl)cc1F. The van der Waals surface area contributed by atoms with Crippen LogP contribution in [0.2, 0.25) is 10.0 Å². The van der Waals surface area contributed by atoms with Gasteiger partial charge in [-0.15, -0.1) is 0 Å². The van der Waals surface area contributed by atoms with Crippen molar-refractivity contribution in [3.8, 4) is 6.07 Å². The lowest BCUT2D eigenvalue weighted by Gasteiger charge is -2.38. The number of rotatable bonds is 6. The fourth-order valence-electron chi connectivity index (χ4n) is 4.63. The number of aliphatic carboxylic acids is 1. The molecule has 0 aliphatic carbocycles. The van der Waals surface area contributed by atoms with E-state index in [2.05, 4.69) is 11.4 Å². The van der Waals surface area contributed by atoms with E-state index < -0.39 is 41.0 Å². The first-order chi connectivity index (χ1) is 15.0. The minimum Gasteiger partial charge on any atom is -0.480 e. The summed E-state index contributed by atoms with van der Waals surface area (Å²) in [4.78, 5) is 12.3. The highest BCUT2D eigenvalue weighted by Crippen LogP contribution is 2.53. The molecule has 1 aliphatic rings. The number of carboxylic acid groups (broad SMARTS) is 1. The Morgan fingerprint density at radius 2 is 1.97 bits per heavy atom. The summed E-state index contributed by atoms with van der Waals surface area (Å²) in [5.74, 6) is -4.08. The topological polar surface area (TPSA) is 73.1 Å². The monoisotopic (exact) mass is 480 g/mol. The molecule has 1 saturated heterocycles. The van der Waals surface area contributed by atoms with Gasteiger partial charge in [0.1, 0.15) is 23.1 Å². The van der Waals surface area contributed by atoms with Gasteiger partial charge in [0.15, 0.2) is 0 Å². The van der Waals surface area contributed by atoms with Crippen LogP contribution in [0, 0.1) is 28.4 Å². The van der Waals surface area contributed by atoms with Crippen LogP contribution in [0.15, 0.2) is 36.4 Å². The molecule has 32 heavy (non-hydrogen) atoms. The van der Waals surface area contributed by atoms with Crippen LogP contribution in [-0.4, -0.2) is 23.2 Å². The highest BCUT2D eigenvalue weighted by molar-refractivity contribution is 6.31. The maximum atomic E-state index is 15.3. The first-order valence-electron chi connectivity index (χ1n) is 10.3. The largest absolute Gasteiger partial charge is 0.480 e. The predicted octanol–water partition coefficient (Wildman–Crippen LogP) is 6.07. The molecule has 2 aromatic rings. The summed E-state index contributed by atoms with van der Waals surface area (Å²) in [6, 6.07) is 8.24. The van der Waals surface area contributed by atoms with Gasteiger partial charge >= 0.3 is 5.97 Å². The van der Waals surface area contributed by atoms with Crippen LogP contribution >= 0.6 is 23.2 Å². The van der Waals surface area contributed by atoms with Crippen molar-refractivity contribution in [2.45, 2.75) is 57.0 Å². The van der Waals surface area contributed by atoms with Gasteiger partial charge < -0.3 is 5.11 Å². The second-order valence-electron chi connectivity index (χ2n) is 8.98. The van der Waals surface area contributed by atoms with E-state index in [0.717, 1.165) is 12.5 Å². The number of halogens is 4. The molecular weight excluding hydrogens is 457 g/mol. The van der Waals surface area contributed by atoms with Gasteiger partial charge in [-0.1, -0.05) is 68.6 Å². The number of hydrogen-bond acceptors (Lipinski definition) is 3. The van der Waals surface area contributed by atoms with E-state index in [-0.39, 0.29) is 26.6 Å². The summed E-state index contributed by atoms with van der Waals surface area (Å²) >= 11 is 11.9. The highest BCUT2D eigenvalue weighted by atomic mass is 35.5. The number of carbonyl (C=O) groups is 1. The number of benzene rings is 2. The molecule has 170 valence electrons. The molecule has 0 radical (unpaired) electrons. The molecule has 0 aromatic heterocycles. The normalized spacial score (nSPS) is 25.5. The van der Waals surface area contributed by atoms with E-state index >= 15 is 8.78 Å². The minimum atomic E-state index is -1.73. The van der Waals surface area contributed by atoms with Crippen LogP contribution in [0.4, 0.5) is 8.78 Å². The molecule has 1 aliphatic heterocycles. The molecule has 8 heteroatoms. The van der Waals surface area contributed by atoms with Crippen molar-refractivity contribution < 1.29 is 18.7 Å². The molecule has 4 nitrogen and oxygen atoms in total. The fraction of sp³-hybridized carbons (Fsp3) is 0.417. The van der Waals surface area contributed by atoms with Crippen molar-refractivity contribution >= 4 is 29.2 Å². The van der Waals surface area contributed by atoms with E-state index in [1.807, 2.05) is 20.8 Å². The Morgan fingerprint density at radius 1 is 1.28 bits per heavy atom. The molecule has 3 rings (SSSR count). The zero-order chi connectivity index (χ0) is 23.8. The van der Waals surface area contributed by atoms with Crippen molar-refractivity contribution in [2.24, 2.45) is 5.41 Å². The highest BCUT2D eigenvalue weighted by Gasteiger charge is 2.61. The van der Waals surface area contributed by atoms with Crippen molar-refractivity contribution in [1.82, 2.24) is 5.32 Å². The van der Waals surface area contributed by atoms with Crippen LogP contribution in [-0.2, 0) is 10.2 Å². The molecular formula is C24H24Cl2F2N2O2. The molecule has 0 amide bonds. The van der Waals surface area contributed by atoms with Crippen LogP contribution in [0.25, 0.3) is 0 Å². The Bertz CT molecular complexity index is 1090. The molecule has 1 heterocycles. The summed E-state index contributed by atoms with van der Waals surface area (Å²) < 4.78 is 30.5.